The molecule has 2 amide bonds. The van der Waals surface area contributed by atoms with Crippen LogP contribution in [0.4, 0.5) is 4.79 Å². The van der Waals surface area contributed by atoms with E-state index in [1.165, 1.54) is 11.2 Å². The Labute approximate surface area is 112 Å². The smallest absolute Gasteiger partial charge is 0.326 e. The van der Waals surface area contributed by atoms with Crippen molar-refractivity contribution in [2.75, 3.05) is 13.6 Å². The topological polar surface area (TPSA) is 98.3 Å². The van der Waals surface area contributed by atoms with Gasteiger partial charge in [0.05, 0.1) is 6.33 Å². The van der Waals surface area contributed by atoms with Crippen molar-refractivity contribution in [3.05, 3.63) is 18.2 Å². The molecular formula is C12H20N4O3. The minimum Gasteiger partial charge on any atom is -0.480 e. The second-order valence-corrected chi connectivity index (χ2v) is 4.90. The summed E-state index contributed by atoms with van der Waals surface area (Å²) in [4.78, 5) is 31.1. The number of aromatic nitrogens is 2. The van der Waals surface area contributed by atoms with Crippen LogP contribution in [0.5, 0.6) is 0 Å². The molecule has 0 spiro atoms. The Kier molecular flexibility index (Phi) is 5.35. The van der Waals surface area contributed by atoms with E-state index in [9.17, 15) is 9.59 Å². The molecule has 7 nitrogen and oxygen atoms in total. The first-order valence-corrected chi connectivity index (χ1v) is 6.11. The molecule has 0 fully saturated rings. The van der Waals surface area contributed by atoms with Crippen molar-refractivity contribution in [3.63, 3.8) is 0 Å². The van der Waals surface area contributed by atoms with E-state index in [-0.39, 0.29) is 12.5 Å². The van der Waals surface area contributed by atoms with E-state index in [1.807, 2.05) is 13.8 Å². The standard InChI is InChI=1S/C12H20N4O3/c1-8(2)6-16(3)12(19)15-10(11(17)18)4-9-5-13-7-14-9/h5,7-8,10H,4,6H2,1-3H3,(H,13,14)(H,15,19)(H,17,18)/t10-/m1/s1. The molecule has 1 aromatic rings. The van der Waals surface area contributed by atoms with Crippen LogP contribution in [0.2, 0.25) is 0 Å². The summed E-state index contributed by atoms with van der Waals surface area (Å²) in [5.41, 5.74) is 0.666. The summed E-state index contributed by atoms with van der Waals surface area (Å²) in [5, 5.41) is 11.6. The van der Waals surface area contributed by atoms with Crippen LogP contribution in [0.3, 0.4) is 0 Å². The van der Waals surface area contributed by atoms with Gasteiger partial charge in [-0.15, -0.1) is 0 Å². The summed E-state index contributed by atoms with van der Waals surface area (Å²) in [6, 6.07) is -1.36. The summed E-state index contributed by atoms with van der Waals surface area (Å²) in [6.45, 7) is 4.55. The Morgan fingerprint density at radius 2 is 2.21 bits per heavy atom. The van der Waals surface area contributed by atoms with Gasteiger partial charge in [-0.1, -0.05) is 13.8 Å². The van der Waals surface area contributed by atoms with Crippen LogP contribution in [-0.2, 0) is 11.2 Å². The number of aromatic amines is 1. The third-order valence-electron chi connectivity index (χ3n) is 2.56. The van der Waals surface area contributed by atoms with Crippen molar-refractivity contribution in [2.24, 2.45) is 5.92 Å². The summed E-state index contributed by atoms with van der Waals surface area (Å²) in [5.74, 6) is -0.743. The number of urea groups is 1. The molecular weight excluding hydrogens is 248 g/mol. The zero-order valence-electron chi connectivity index (χ0n) is 11.4. The van der Waals surface area contributed by atoms with Crippen molar-refractivity contribution < 1.29 is 14.7 Å². The molecule has 7 heteroatoms. The summed E-state index contributed by atoms with van der Waals surface area (Å²) < 4.78 is 0. The number of carbonyl (C=O) groups is 2. The molecule has 0 aliphatic rings. The minimum absolute atomic E-state index is 0.177. The van der Waals surface area contributed by atoms with Crippen molar-refractivity contribution >= 4 is 12.0 Å². The van der Waals surface area contributed by atoms with E-state index in [2.05, 4.69) is 15.3 Å². The maximum absolute atomic E-state index is 11.8. The highest BCUT2D eigenvalue weighted by Gasteiger charge is 2.22. The molecule has 1 atom stereocenters. The van der Waals surface area contributed by atoms with Crippen LogP contribution < -0.4 is 5.32 Å². The van der Waals surface area contributed by atoms with Gasteiger partial charge in [0.2, 0.25) is 0 Å². The van der Waals surface area contributed by atoms with Crippen LogP contribution in [0.1, 0.15) is 19.5 Å². The number of aliphatic carboxylic acids is 1. The lowest BCUT2D eigenvalue weighted by Gasteiger charge is -2.22. The van der Waals surface area contributed by atoms with Crippen LogP contribution >= 0.6 is 0 Å². The molecule has 1 rings (SSSR count). The molecule has 0 saturated heterocycles. The van der Waals surface area contributed by atoms with E-state index in [0.717, 1.165) is 0 Å². The molecule has 106 valence electrons. The summed E-state index contributed by atoms with van der Waals surface area (Å²) in [6.07, 6.45) is 3.19. The number of rotatable bonds is 6. The lowest BCUT2D eigenvalue weighted by molar-refractivity contribution is -0.139. The van der Waals surface area contributed by atoms with E-state index in [4.69, 9.17) is 5.11 Å². The zero-order valence-corrected chi connectivity index (χ0v) is 11.4. The van der Waals surface area contributed by atoms with Crippen molar-refractivity contribution in [1.82, 2.24) is 20.2 Å². The fraction of sp³-hybridized carbons (Fsp3) is 0.583. The van der Waals surface area contributed by atoms with E-state index >= 15 is 0 Å². The van der Waals surface area contributed by atoms with Gasteiger partial charge in [0.25, 0.3) is 0 Å². The summed E-state index contributed by atoms with van der Waals surface area (Å²) >= 11 is 0. The number of carboxylic acid groups (broad SMARTS) is 1. The average molecular weight is 268 g/mol. The average Bonchev–Trinajstić information content (AvgIpc) is 2.79. The van der Waals surface area contributed by atoms with E-state index in [1.54, 1.807) is 13.2 Å². The van der Waals surface area contributed by atoms with Gasteiger partial charge in [0, 0.05) is 31.9 Å². The largest absolute Gasteiger partial charge is 0.480 e. The Hall–Kier alpha value is -2.05. The second-order valence-electron chi connectivity index (χ2n) is 4.90. The Morgan fingerprint density at radius 3 is 2.68 bits per heavy atom. The fourth-order valence-corrected chi connectivity index (χ4v) is 1.71. The van der Waals surface area contributed by atoms with Gasteiger partial charge < -0.3 is 20.3 Å². The van der Waals surface area contributed by atoms with Gasteiger partial charge in [-0.05, 0) is 5.92 Å². The maximum atomic E-state index is 11.8. The monoisotopic (exact) mass is 268 g/mol. The predicted molar refractivity (Wildman–Crippen MR) is 69.7 cm³/mol. The maximum Gasteiger partial charge on any atom is 0.326 e. The van der Waals surface area contributed by atoms with Crippen molar-refractivity contribution in [3.8, 4) is 0 Å². The quantitative estimate of drug-likeness (QED) is 0.707. The molecule has 0 aromatic carbocycles. The molecule has 0 aliphatic heterocycles. The number of carbonyl (C=O) groups excluding carboxylic acids is 1. The van der Waals surface area contributed by atoms with Gasteiger partial charge in [-0.25, -0.2) is 14.6 Å². The third kappa shape index (κ3) is 4.99. The second kappa shape index (κ2) is 6.77. The SMILES string of the molecule is CC(C)CN(C)C(=O)N[C@H](Cc1cnc[nH]1)C(=O)O. The lowest BCUT2D eigenvalue weighted by Crippen LogP contribution is -2.48. The molecule has 3 N–H and O–H groups in total. The number of hydrogen-bond donors (Lipinski definition) is 3. The first-order valence-electron chi connectivity index (χ1n) is 6.11. The predicted octanol–water partition coefficient (Wildman–Crippen LogP) is 0.703. The number of imidazole rings is 1. The number of carboxylic acids is 1. The van der Waals surface area contributed by atoms with Gasteiger partial charge in [0.15, 0.2) is 0 Å². The molecule has 0 aliphatic carbocycles. The third-order valence-corrected chi connectivity index (χ3v) is 2.56. The van der Waals surface area contributed by atoms with E-state index < -0.39 is 12.0 Å². The Morgan fingerprint density at radius 1 is 1.53 bits per heavy atom. The van der Waals surface area contributed by atoms with Gasteiger partial charge in [0.1, 0.15) is 6.04 Å². The van der Waals surface area contributed by atoms with Crippen molar-refractivity contribution in [2.45, 2.75) is 26.3 Å². The van der Waals surface area contributed by atoms with Gasteiger partial charge in [-0.3, -0.25) is 0 Å². The molecule has 19 heavy (non-hydrogen) atoms. The highest BCUT2D eigenvalue weighted by atomic mass is 16.4. The fourth-order valence-electron chi connectivity index (χ4n) is 1.71. The molecule has 1 aromatic heterocycles. The molecule has 1 heterocycles. The number of hydrogen-bond acceptors (Lipinski definition) is 3. The number of nitrogens with one attached hydrogen (secondary N) is 2. The number of amides is 2. The summed E-state index contributed by atoms with van der Waals surface area (Å²) in [7, 11) is 1.64. The lowest BCUT2D eigenvalue weighted by atomic mass is 10.1. The first kappa shape index (κ1) is 15.0. The number of nitrogens with zero attached hydrogens (tertiary/aromatic N) is 2. The normalized spacial score (nSPS) is 12.2. The molecule has 0 radical (unpaired) electrons. The molecule has 0 saturated carbocycles. The Bertz CT molecular complexity index is 417. The van der Waals surface area contributed by atoms with Crippen LogP contribution in [0, 0.1) is 5.92 Å². The van der Waals surface area contributed by atoms with Crippen molar-refractivity contribution in [1.29, 1.82) is 0 Å². The van der Waals surface area contributed by atoms with Gasteiger partial charge >= 0.3 is 12.0 Å². The Balaban J connectivity index is 2.58. The zero-order chi connectivity index (χ0) is 14.4. The minimum atomic E-state index is -1.07. The van der Waals surface area contributed by atoms with E-state index in [0.29, 0.717) is 18.2 Å². The molecule has 0 bridgehead atoms. The van der Waals surface area contributed by atoms with Gasteiger partial charge in [-0.2, -0.15) is 0 Å². The highest BCUT2D eigenvalue weighted by molar-refractivity contribution is 5.82. The van der Waals surface area contributed by atoms with Crippen LogP contribution in [0.25, 0.3) is 0 Å². The molecule has 0 unspecified atom stereocenters. The highest BCUT2D eigenvalue weighted by Crippen LogP contribution is 2.01. The number of H-pyrrole nitrogens is 1. The first-order chi connectivity index (χ1) is 8.90. The van der Waals surface area contributed by atoms with Crippen LogP contribution in [-0.4, -0.2) is 51.6 Å². The van der Waals surface area contributed by atoms with Crippen LogP contribution in [0.15, 0.2) is 12.5 Å².